The maximum atomic E-state index is 13.0. The van der Waals surface area contributed by atoms with E-state index in [1.165, 1.54) is 4.90 Å². The number of carbonyl (C=O) groups is 1. The Morgan fingerprint density at radius 1 is 1.25 bits per heavy atom. The summed E-state index contributed by atoms with van der Waals surface area (Å²) in [7, 11) is 0. The second-order valence-electron chi connectivity index (χ2n) is 4.39. The molecule has 0 saturated carbocycles. The molecule has 0 radical (unpaired) electrons. The molecule has 20 heavy (non-hydrogen) atoms. The smallest absolute Gasteiger partial charge is 0.365 e. The van der Waals surface area contributed by atoms with Crippen LogP contribution in [0.4, 0.5) is 22.0 Å². The molecule has 1 saturated heterocycles. The van der Waals surface area contributed by atoms with E-state index >= 15 is 0 Å². The first-order chi connectivity index (χ1) is 9.26. The Morgan fingerprint density at radius 2 is 1.90 bits per heavy atom. The van der Waals surface area contributed by atoms with Gasteiger partial charge in [-0.15, -0.1) is 0 Å². The van der Waals surface area contributed by atoms with E-state index in [9.17, 15) is 26.7 Å². The largest absolute Gasteiger partial charge is 0.411 e. The van der Waals surface area contributed by atoms with Gasteiger partial charge >= 0.3 is 6.18 Å². The molecule has 0 atom stereocenters. The zero-order chi connectivity index (χ0) is 14.9. The van der Waals surface area contributed by atoms with Crippen molar-refractivity contribution in [3.8, 4) is 0 Å². The molecule has 0 unspecified atom stereocenters. The van der Waals surface area contributed by atoms with Crippen LogP contribution in [0.3, 0.4) is 0 Å². The number of ether oxygens (including phenoxy) is 1. The Balaban J connectivity index is 1.86. The number of rotatable bonds is 3. The molecular weight excluding hydrogens is 285 g/mol. The van der Waals surface area contributed by atoms with Crippen LogP contribution in [0.25, 0.3) is 0 Å². The van der Waals surface area contributed by atoms with Gasteiger partial charge in [-0.1, -0.05) is 0 Å². The average molecular weight is 295 g/mol. The number of carbonyl (C=O) groups excluding carboxylic acids is 1. The minimum absolute atomic E-state index is 0.00604. The summed E-state index contributed by atoms with van der Waals surface area (Å²) in [6, 6.07) is 2.69. The number of amides is 1. The number of halogens is 5. The number of hydrogen-bond acceptors (Lipinski definition) is 2. The number of nitrogens with zero attached hydrogens (tertiary/aromatic N) is 1. The Kier molecular flexibility index (Phi) is 3.94. The molecule has 0 bridgehead atoms. The predicted octanol–water partition coefficient (Wildman–Crippen LogP) is 2.37. The van der Waals surface area contributed by atoms with E-state index in [1.54, 1.807) is 0 Å². The van der Waals surface area contributed by atoms with Crippen LogP contribution < -0.4 is 0 Å². The van der Waals surface area contributed by atoms with Crippen LogP contribution in [0.15, 0.2) is 18.2 Å². The molecule has 1 aromatic rings. The average Bonchev–Trinajstić information content (AvgIpc) is 2.29. The first-order valence-corrected chi connectivity index (χ1v) is 5.69. The van der Waals surface area contributed by atoms with E-state index in [0.717, 1.165) is 18.2 Å². The topological polar surface area (TPSA) is 29.5 Å². The lowest BCUT2D eigenvalue weighted by molar-refractivity contribution is -0.196. The summed E-state index contributed by atoms with van der Waals surface area (Å²) < 4.78 is 65.9. The van der Waals surface area contributed by atoms with Crippen molar-refractivity contribution in [1.82, 2.24) is 4.90 Å². The fourth-order valence-corrected chi connectivity index (χ4v) is 1.73. The minimum Gasteiger partial charge on any atom is -0.365 e. The number of likely N-dealkylation sites (tertiary alicyclic amines) is 1. The van der Waals surface area contributed by atoms with Crippen LogP contribution in [-0.2, 0) is 4.74 Å². The lowest BCUT2D eigenvalue weighted by atomic mass is 10.1. The van der Waals surface area contributed by atoms with Gasteiger partial charge in [-0.3, -0.25) is 4.79 Å². The standard InChI is InChI=1S/C12H10F5NO2/c13-9-2-1-7(3-10(9)14)11(19)18-4-8(5-18)20-6-12(15,16)17/h1-3,8H,4-6H2. The van der Waals surface area contributed by atoms with Gasteiger partial charge in [-0.05, 0) is 18.2 Å². The Bertz CT molecular complexity index is 511. The summed E-state index contributed by atoms with van der Waals surface area (Å²) in [6.45, 7) is -1.38. The summed E-state index contributed by atoms with van der Waals surface area (Å²) in [6.07, 6.45) is -5.10. The first-order valence-electron chi connectivity index (χ1n) is 5.69. The van der Waals surface area contributed by atoms with Gasteiger partial charge in [0.2, 0.25) is 0 Å². The van der Waals surface area contributed by atoms with Crippen molar-refractivity contribution in [3.63, 3.8) is 0 Å². The van der Waals surface area contributed by atoms with E-state index in [2.05, 4.69) is 4.74 Å². The zero-order valence-electron chi connectivity index (χ0n) is 10.1. The van der Waals surface area contributed by atoms with Crippen LogP contribution in [0.2, 0.25) is 0 Å². The molecule has 1 aliphatic heterocycles. The van der Waals surface area contributed by atoms with Gasteiger partial charge in [0.1, 0.15) is 6.61 Å². The second kappa shape index (κ2) is 5.35. The van der Waals surface area contributed by atoms with Crippen LogP contribution >= 0.6 is 0 Å². The van der Waals surface area contributed by atoms with Gasteiger partial charge in [-0.25, -0.2) is 8.78 Å². The van der Waals surface area contributed by atoms with Crippen molar-refractivity contribution in [2.75, 3.05) is 19.7 Å². The van der Waals surface area contributed by atoms with E-state index in [-0.39, 0.29) is 18.7 Å². The Morgan fingerprint density at radius 3 is 2.45 bits per heavy atom. The molecular formula is C12H10F5NO2. The van der Waals surface area contributed by atoms with Gasteiger partial charge < -0.3 is 9.64 Å². The third-order valence-electron chi connectivity index (χ3n) is 2.78. The van der Waals surface area contributed by atoms with Crippen molar-refractivity contribution < 1.29 is 31.5 Å². The molecule has 1 aromatic carbocycles. The summed E-state index contributed by atoms with van der Waals surface area (Å²) in [5, 5.41) is 0. The minimum atomic E-state index is -4.41. The molecule has 1 heterocycles. The van der Waals surface area contributed by atoms with Gasteiger partial charge in [0.05, 0.1) is 6.10 Å². The maximum absolute atomic E-state index is 13.0. The normalized spacial score (nSPS) is 16.1. The highest BCUT2D eigenvalue weighted by atomic mass is 19.4. The van der Waals surface area contributed by atoms with E-state index < -0.39 is 36.4 Å². The highest BCUT2D eigenvalue weighted by Gasteiger charge is 2.36. The van der Waals surface area contributed by atoms with Crippen molar-refractivity contribution in [1.29, 1.82) is 0 Å². The maximum Gasteiger partial charge on any atom is 0.411 e. The molecule has 110 valence electrons. The van der Waals surface area contributed by atoms with Gasteiger partial charge in [0.15, 0.2) is 11.6 Å². The third-order valence-corrected chi connectivity index (χ3v) is 2.78. The predicted molar refractivity (Wildman–Crippen MR) is 58.1 cm³/mol. The van der Waals surface area contributed by atoms with E-state index in [1.807, 2.05) is 0 Å². The van der Waals surface area contributed by atoms with Crippen LogP contribution in [0, 0.1) is 11.6 Å². The highest BCUT2D eigenvalue weighted by Crippen LogP contribution is 2.21. The van der Waals surface area contributed by atoms with Gasteiger partial charge in [0, 0.05) is 18.7 Å². The van der Waals surface area contributed by atoms with Gasteiger partial charge in [0.25, 0.3) is 5.91 Å². The fraction of sp³-hybridized carbons (Fsp3) is 0.417. The lowest BCUT2D eigenvalue weighted by Gasteiger charge is -2.39. The first kappa shape index (κ1) is 14.7. The molecule has 3 nitrogen and oxygen atoms in total. The number of hydrogen-bond donors (Lipinski definition) is 0. The van der Waals surface area contributed by atoms with Crippen LogP contribution in [-0.4, -0.2) is 42.8 Å². The summed E-state index contributed by atoms with van der Waals surface area (Å²) in [5.41, 5.74) is -0.0572. The monoisotopic (exact) mass is 295 g/mol. The lowest BCUT2D eigenvalue weighted by Crippen LogP contribution is -2.55. The van der Waals surface area contributed by atoms with Crippen molar-refractivity contribution >= 4 is 5.91 Å². The molecule has 0 N–H and O–H groups in total. The van der Waals surface area contributed by atoms with Crippen molar-refractivity contribution in [2.24, 2.45) is 0 Å². The van der Waals surface area contributed by atoms with E-state index in [4.69, 9.17) is 0 Å². The molecule has 2 rings (SSSR count). The molecule has 1 amide bonds. The number of alkyl halides is 3. The SMILES string of the molecule is O=C(c1ccc(F)c(F)c1)N1CC(OCC(F)(F)F)C1. The third kappa shape index (κ3) is 3.44. The quantitative estimate of drug-likeness (QED) is 0.801. The summed E-state index contributed by atoms with van der Waals surface area (Å²) in [4.78, 5) is 13.0. The zero-order valence-corrected chi connectivity index (χ0v) is 10.1. The molecule has 1 fully saturated rings. The molecule has 0 spiro atoms. The summed E-state index contributed by atoms with van der Waals surface area (Å²) in [5.74, 6) is -2.80. The molecule has 0 aliphatic carbocycles. The fourth-order valence-electron chi connectivity index (χ4n) is 1.73. The molecule has 1 aliphatic rings. The van der Waals surface area contributed by atoms with Crippen LogP contribution in [0.5, 0.6) is 0 Å². The van der Waals surface area contributed by atoms with Gasteiger partial charge in [-0.2, -0.15) is 13.2 Å². The highest BCUT2D eigenvalue weighted by molar-refractivity contribution is 5.94. The molecule has 8 heteroatoms. The van der Waals surface area contributed by atoms with Crippen LogP contribution in [0.1, 0.15) is 10.4 Å². The molecule has 0 aromatic heterocycles. The van der Waals surface area contributed by atoms with Crippen molar-refractivity contribution in [2.45, 2.75) is 12.3 Å². The Labute approximate surface area is 110 Å². The number of benzene rings is 1. The van der Waals surface area contributed by atoms with Crippen molar-refractivity contribution in [3.05, 3.63) is 35.4 Å². The summed E-state index contributed by atoms with van der Waals surface area (Å²) >= 11 is 0. The Hall–Kier alpha value is -1.70. The van der Waals surface area contributed by atoms with E-state index in [0.29, 0.717) is 0 Å². The second-order valence-corrected chi connectivity index (χ2v) is 4.39.